The zero-order chi connectivity index (χ0) is 32.0. The van der Waals surface area contributed by atoms with Crippen molar-refractivity contribution in [3.8, 4) is 17.2 Å². The highest BCUT2D eigenvalue weighted by molar-refractivity contribution is 5.92. The number of aliphatic carboxylic acids is 1. The summed E-state index contributed by atoms with van der Waals surface area (Å²) in [5, 5.41) is 44.4. The quantitative estimate of drug-likeness (QED) is 0.169. The monoisotopic (exact) mass is 614 g/mol. The number of hydrogen-bond donors (Lipinski definition) is 7. The molecule has 4 rings (SSSR count). The number of anilines is 1. The fourth-order valence-corrected chi connectivity index (χ4v) is 4.11. The molecule has 3 atom stereocenters. The number of benzene rings is 2. The number of aliphatic hydroxyl groups is 3. The molecule has 2 aliphatic rings. The first-order chi connectivity index (χ1) is 21.0. The van der Waals surface area contributed by atoms with Crippen molar-refractivity contribution < 1.29 is 58.5 Å². The van der Waals surface area contributed by atoms with Gasteiger partial charge >= 0.3 is 12.1 Å². The van der Waals surface area contributed by atoms with E-state index in [2.05, 4.69) is 28.9 Å². The summed E-state index contributed by atoms with van der Waals surface area (Å²) in [6.45, 7) is 7.39. The van der Waals surface area contributed by atoms with Gasteiger partial charge in [0.15, 0.2) is 29.1 Å². The largest absolute Gasteiger partial charge is 0.506 e. The van der Waals surface area contributed by atoms with E-state index in [1.54, 1.807) is 12.1 Å². The zero-order valence-corrected chi connectivity index (χ0v) is 23.1. The van der Waals surface area contributed by atoms with E-state index in [1.807, 2.05) is 0 Å². The van der Waals surface area contributed by atoms with Crippen molar-refractivity contribution in [1.82, 2.24) is 5.32 Å². The van der Waals surface area contributed by atoms with E-state index < -0.39 is 48.0 Å². The van der Waals surface area contributed by atoms with E-state index in [9.17, 15) is 34.8 Å². The Balaban J connectivity index is 1.42. The fraction of sp³-hybridized carbons (Fsp3) is 0.286. The van der Waals surface area contributed by atoms with E-state index in [0.717, 1.165) is 0 Å². The van der Waals surface area contributed by atoms with Crippen LogP contribution in [0.3, 0.4) is 0 Å². The summed E-state index contributed by atoms with van der Waals surface area (Å²) in [5.41, 5.74) is 7.47. The van der Waals surface area contributed by atoms with E-state index in [4.69, 9.17) is 29.4 Å². The molecule has 2 amide bonds. The number of carboxylic acid groups (broad SMARTS) is 1. The molecule has 44 heavy (non-hydrogen) atoms. The van der Waals surface area contributed by atoms with Crippen LogP contribution < -0.4 is 30.6 Å². The van der Waals surface area contributed by atoms with Crippen molar-refractivity contribution in [2.75, 3.05) is 25.2 Å². The summed E-state index contributed by atoms with van der Waals surface area (Å²) in [6, 6.07) is 7.54. The molecule has 16 heteroatoms. The molecule has 2 aromatic rings. The van der Waals surface area contributed by atoms with Crippen LogP contribution in [-0.4, -0.2) is 83.5 Å². The minimum atomic E-state index is -2.01. The molecule has 0 spiro atoms. The highest BCUT2D eigenvalue weighted by Crippen LogP contribution is 2.40. The molecular weight excluding hydrogens is 584 g/mol. The van der Waals surface area contributed by atoms with Crippen LogP contribution in [0.15, 0.2) is 53.4 Å². The number of ether oxygens (including phenoxy) is 5. The zero-order valence-electron chi connectivity index (χ0n) is 23.1. The summed E-state index contributed by atoms with van der Waals surface area (Å²) in [7, 11) is 0. The first kappa shape index (κ1) is 31.6. The second-order valence-electron chi connectivity index (χ2n) is 9.39. The van der Waals surface area contributed by atoms with Crippen LogP contribution in [0.25, 0.3) is 5.57 Å². The lowest BCUT2D eigenvalue weighted by atomic mass is 10.0. The van der Waals surface area contributed by atoms with Crippen LogP contribution in [0.1, 0.15) is 17.5 Å². The number of aliphatic imine (C=N–C) groups is 1. The molecule has 0 fully saturated rings. The lowest BCUT2D eigenvalue weighted by Gasteiger charge is -2.31. The number of rotatable bonds is 12. The van der Waals surface area contributed by atoms with Gasteiger partial charge in [0.05, 0.1) is 11.4 Å². The van der Waals surface area contributed by atoms with Gasteiger partial charge in [0, 0.05) is 31.1 Å². The predicted octanol–water partition coefficient (Wildman–Crippen LogP) is 1.85. The highest BCUT2D eigenvalue weighted by Gasteiger charge is 2.42. The minimum absolute atomic E-state index is 0.00602. The van der Waals surface area contributed by atoms with Crippen LogP contribution in [0.4, 0.5) is 16.2 Å². The number of carbonyl (C=O) groups is 3. The first-order valence-corrected chi connectivity index (χ1v) is 13.0. The number of nitrogens with two attached hydrogens (primary N) is 1. The average molecular weight is 615 g/mol. The molecule has 0 aliphatic carbocycles. The normalized spacial score (nSPS) is 18.7. The molecule has 8 N–H and O–H groups in total. The van der Waals surface area contributed by atoms with Crippen LogP contribution in [0.5, 0.6) is 17.2 Å². The average Bonchev–Trinajstić information content (AvgIpc) is 3.46. The molecular formula is C28H30N4O12. The third-order valence-electron chi connectivity index (χ3n) is 6.33. The number of aliphatic hydroxyl groups excluding tert-OH is 3. The maximum Gasteiger partial charge on any atom is 0.407 e. The van der Waals surface area contributed by atoms with Crippen LogP contribution in [0, 0.1) is 0 Å². The van der Waals surface area contributed by atoms with E-state index in [0.29, 0.717) is 33.9 Å². The van der Waals surface area contributed by atoms with E-state index >= 15 is 0 Å². The van der Waals surface area contributed by atoms with Crippen LogP contribution >= 0.6 is 0 Å². The number of carboxylic acids is 1. The number of fused-ring (bicyclic) bond motifs is 1. The van der Waals surface area contributed by atoms with Crippen LogP contribution in [0.2, 0.25) is 0 Å². The topological polar surface area (TPSA) is 241 Å². The van der Waals surface area contributed by atoms with E-state index in [-0.39, 0.29) is 44.3 Å². The van der Waals surface area contributed by atoms with Gasteiger partial charge in [-0.25, -0.2) is 9.59 Å². The lowest BCUT2D eigenvalue weighted by Crippen LogP contribution is -2.47. The second kappa shape index (κ2) is 13.8. The Morgan fingerprint density at radius 2 is 1.84 bits per heavy atom. The van der Waals surface area contributed by atoms with Crippen molar-refractivity contribution in [3.63, 3.8) is 0 Å². The molecule has 2 aliphatic heterocycles. The van der Waals surface area contributed by atoms with Gasteiger partial charge in [0.1, 0.15) is 12.4 Å². The predicted molar refractivity (Wildman–Crippen MR) is 153 cm³/mol. The van der Waals surface area contributed by atoms with Gasteiger partial charge in [-0.2, -0.15) is 0 Å². The summed E-state index contributed by atoms with van der Waals surface area (Å²) >= 11 is 0. The number of alkyl carbamates (subject to hydrolysis) is 1. The Morgan fingerprint density at radius 3 is 2.52 bits per heavy atom. The standard InChI is InChI=1S/C28H30N4O12/c1-13(15-8-19-20(42-12-41-19)9-16(15)30-2)10-31-28(39)40-11-14-3-4-18(17(7-14)32-21(33)5-6-29)43-27-24(36)22(34)23(35)25(44-27)26(37)38/h3-4,7-9,24-25,27,34-36H,1-2,5-6,10-12,29H2,(H,31,39)(H,32,33)(H,37,38)/t24?,25?,27-/m1/s1. The van der Waals surface area contributed by atoms with Crippen molar-refractivity contribution in [3.05, 3.63) is 59.6 Å². The van der Waals surface area contributed by atoms with Gasteiger partial charge in [0.2, 0.25) is 25.1 Å². The molecule has 234 valence electrons. The number of amides is 2. The summed E-state index contributed by atoms with van der Waals surface area (Å²) in [4.78, 5) is 40.1. The molecule has 2 heterocycles. The number of hydrogen-bond acceptors (Lipinski definition) is 13. The molecule has 2 unspecified atom stereocenters. The van der Waals surface area contributed by atoms with Crippen molar-refractivity contribution in [2.24, 2.45) is 10.7 Å². The van der Waals surface area contributed by atoms with Crippen LogP contribution in [-0.2, 0) is 25.7 Å². The van der Waals surface area contributed by atoms with Crippen molar-refractivity contribution in [2.45, 2.75) is 31.5 Å². The summed E-state index contributed by atoms with van der Waals surface area (Å²) in [6.07, 6.45) is -6.57. The maximum atomic E-state index is 12.4. The molecule has 2 aromatic carbocycles. The fourth-order valence-electron chi connectivity index (χ4n) is 4.11. The Labute approximate surface area is 250 Å². The minimum Gasteiger partial charge on any atom is -0.506 e. The second-order valence-corrected chi connectivity index (χ2v) is 9.39. The smallest absolute Gasteiger partial charge is 0.407 e. The summed E-state index contributed by atoms with van der Waals surface area (Å²) in [5.74, 6) is -3.34. The van der Waals surface area contributed by atoms with Gasteiger partial charge < -0.3 is 60.5 Å². The highest BCUT2D eigenvalue weighted by atomic mass is 16.7. The number of nitrogens with one attached hydrogen (secondary N) is 2. The molecule has 0 saturated heterocycles. The Morgan fingerprint density at radius 1 is 1.11 bits per heavy atom. The molecule has 16 nitrogen and oxygen atoms in total. The molecule has 0 saturated carbocycles. The van der Waals surface area contributed by atoms with Gasteiger partial charge in [-0.15, -0.1) is 0 Å². The van der Waals surface area contributed by atoms with Gasteiger partial charge in [-0.1, -0.05) is 12.6 Å². The third kappa shape index (κ3) is 7.17. The Bertz CT molecular complexity index is 1510. The van der Waals surface area contributed by atoms with Gasteiger partial charge in [0.25, 0.3) is 0 Å². The maximum absolute atomic E-state index is 12.4. The summed E-state index contributed by atoms with van der Waals surface area (Å²) < 4.78 is 26.7. The van der Waals surface area contributed by atoms with E-state index in [1.165, 1.54) is 18.2 Å². The number of carbonyl (C=O) groups excluding carboxylic acids is 2. The van der Waals surface area contributed by atoms with Crippen molar-refractivity contribution in [1.29, 1.82) is 0 Å². The van der Waals surface area contributed by atoms with Gasteiger partial charge in [-0.3, -0.25) is 9.79 Å². The lowest BCUT2D eigenvalue weighted by molar-refractivity contribution is -0.198. The Kier molecular flexibility index (Phi) is 9.89. The SMILES string of the molecule is C=Nc1cc2c(cc1C(=C)CNC(=O)OCc1ccc(O[C@@H]3OC(C(=O)O)C(O)=C(O)C3O)c(NC(=O)CCN)c1)OCO2. The van der Waals surface area contributed by atoms with Gasteiger partial charge in [-0.05, 0) is 36.1 Å². The molecule has 0 radical (unpaired) electrons. The third-order valence-corrected chi connectivity index (χ3v) is 6.33. The Hall–Kier alpha value is -5.32. The molecule has 0 bridgehead atoms. The number of nitrogens with zero attached hydrogens (tertiary/aromatic N) is 1. The first-order valence-electron chi connectivity index (χ1n) is 13.0. The van der Waals surface area contributed by atoms with Crippen molar-refractivity contribution >= 4 is 41.6 Å². The molecule has 0 aromatic heterocycles.